The number of hydrazine groups is 1. The Balaban J connectivity index is 1.99. The molecule has 0 spiro atoms. The molecular weight excluding hydrogens is 543 g/mol. The Hall–Kier alpha value is -3.81. The third-order valence-electron chi connectivity index (χ3n) is 4.73. The molecule has 1 aromatic heterocycles. The summed E-state index contributed by atoms with van der Waals surface area (Å²) in [4.78, 5) is 19.6. The molecule has 0 aliphatic carbocycles. The topological polar surface area (TPSA) is 66.9 Å². The summed E-state index contributed by atoms with van der Waals surface area (Å²) in [6.07, 6.45) is -8.12. The van der Waals surface area contributed by atoms with E-state index in [1.165, 1.54) is 18.5 Å². The Morgan fingerprint density at radius 3 is 2.11 bits per heavy atom. The summed E-state index contributed by atoms with van der Waals surface area (Å²) in [6.45, 7) is 0. The largest absolute Gasteiger partial charge is 0.417 e. The number of carbonyl (C=O) groups excluding carboxylic acids is 1. The molecule has 3 rings (SSSR count). The quantitative estimate of drug-likeness (QED) is 0.199. The van der Waals surface area contributed by atoms with E-state index < -0.39 is 68.9 Å². The first-order chi connectivity index (χ1) is 17.2. The van der Waals surface area contributed by atoms with Crippen LogP contribution < -0.4 is 10.9 Å². The second kappa shape index (κ2) is 10.7. The van der Waals surface area contributed by atoms with Gasteiger partial charge in [0.05, 0.1) is 11.1 Å². The standard InChI is InChI=1S/C22H12ClF9N4O/c23-18-16(25)7-11(8-17(18)26)13(21(27,28)29)9-15(24)10-2-3-12(14(6-10)22(30,31)32)19(37)35-36-20-33-4-1-5-34-20/h1-9,13H,(H,35,37)(H,33,34,36). The molecule has 2 N–H and O–H groups in total. The molecule has 2 aromatic carbocycles. The number of nitrogens with zero attached hydrogens (tertiary/aromatic N) is 2. The summed E-state index contributed by atoms with van der Waals surface area (Å²) < 4.78 is 124. The minimum atomic E-state index is -5.29. The first-order valence-corrected chi connectivity index (χ1v) is 10.2. The van der Waals surface area contributed by atoms with Crippen LogP contribution in [0.4, 0.5) is 45.5 Å². The summed E-state index contributed by atoms with van der Waals surface area (Å²) in [6, 6.07) is 3.18. The van der Waals surface area contributed by atoms with Crippen molar-refractivity contribution in [2.75, 3.05) is 5.43 Å². The number of carbonyl (C=O) groups is 1. The third-order valence-corrected chi connectivity index (χ3v) is 5.09. The number of amides is 1. The van der Waals surface area contributed by atoms with E-state index in [0.717, 1.165) is 0 Å². The summed E-state index contributed by atoms with van der Waals surface area (Å²) in [5, 5.41) is -1.09. The number of rotatable bonds is 6. The highest BCUT2D eigenvalue weighted by molar-refractivity contribution is 6.30. The van der Waals surface area contributed by atoms with E-state index in [-0.39, 0.29) is 30.2 Å². The fraction of sp³-hybridized carbons (Fsp3) is 0.136. The van der Waals surface area contributed by atoms with Crippen molar-refractivity contribution >= 4 is 29.3 Å². The maximum absolute atomic E-state index is 14.8. The Morgan fingerprint density at radius 2 is 1.57 bits per heavy atom. The van der Waals surface area contributed by atoms with Crippen molar-refractivity contribution in [3.8, 4) is 0 Å². The van der Waals surface area contributed by atoms with Gasteiger partial charge in [-0.05, 0) is 42.0 Å². The molecule has 15 heteroatoms. The maximum Gasteiger partial charge on any atom is 0.417 e. The zero-order chi connectivity index (χ0) is 27.5. The van der Waals surface area contributed by atoms with Gasteiger partial charge < -0.3 is 0 Å². The van der Waals surface area contributed by atoms with E-state index in [0.29, 0.717) is 12.1 Å². The highest BCUT2D eigenvalue weighted by atomic mass is 35.5. The summed E-state index contributed by atoms with van der Waals surface area (Å²) >= 11 is 5.26. The lowest BCUT2D eigenvalue weighted by atomic mass is 9.95. The van der Waals surface area contributed by atoms with Gasteiger partial charge in [0, 0.05) is 18.0 Å². The summed E-state index contributed by atoms with van der Waals surface area (Å²) in [5.41, 5.74) is -0.655. The van der Waals surface area contributed by atoms with E-state index in [1.807, 2.05) is 5.43 Å². The van der Waals surface area contributed by atoms with Crippen LogP contribution >= 0.6 is 11.6 Å². The molecule has 0 saturated carbocycles. The van der Waals surface area contributed by atoms with Crippen LogP contribution in [0.2, 0.25) is 5.02 Å². The van der Waals surface area contributed by atoms with Crippen LogP contribution in [-0.2, 0) is 6.18 Å². The van der Waals surface area contributed by atoms with Crippen molar-refractivity contribution in [1.82, 2.24) is 15.4 Å². The van der Waals surface area contributed by atoms with Gasteiger partial charge in [-0.2, -0.15) is 26.3 Å². The van der Waals surface area contributed by atoms with Gasteiger partial charge >= 0.3 is 12.4 Å². The van der Waals surface area contributed by atoms with Gasteiger partial charge in [0.15, 0.2) is 0 Å². The SMILES string of the molecule is O=C(NNc1ncccn1)c1ccc(C(F)=CC(c2cc(F)c(Cl)c(F)c2)C(F)(F)F)cc1C(F)(F)F. The molecule has 0 saturated heterocycles. The average Bonchev–Trinajstić information content (AvgIpc) is 2.83. The number of hydrogen-bond acceptors (Lipinski definition) is 4. The molecule has 1 heterocycles. The smallest absolute Gasteiger partial charge is 0.267 e. The Labute approximate surface area is 207 Å². The minimum absolute atomic E-state index is 0.121. The van der Waals surface area contributed by atoms with Crippen molar-refractivity contribution in [3.05, 3.63) is 93.8 Å². The number of nitrogens with one attached hydrogen (secondary N) is 2. The number of alkyl halides is 6. The zero-order valence-corrected chi connectivity index (χ0v) is 18.6. The Bertz CT molecular complexity index is 1300. The number of benzene rings is 2. The van der Waals surface area contributed by atoms with Gasteiger partial charge in [-0.25, -0.2) is 23.1 Å². The molecule has 3 aromatic rings. The number of halogens is 10. The molecule has 0 fully saturated rings. The van der Waals surface area contributed by atoms with Crippen LogP contribution in [-0.4, -0.2) is 22.1 Å². The van der Waals surface area contributed by atoms with Gasteiger partial charge in [0.1, 0.15) is 28.4 Å². The van der Waals surface area contributed by atoms with E-state index >= 15 is 0 Å². The van der Waals surface area contributed by atoms with Gasteiger partial charge in [0.2, 0.25) is 5.95 Å². The first kappa shape index (κ1) is 27.8. The molecule has 37 heavy (non-hydrogen) atoms. The van der Waals surface area contributed by atoms with Crippen LogP contribution in [0, 0.1) is 11.6 Å². The summed E-state index contributed by atoms with van der Waals surface area (Å²) in [5.74, 6) is -9.35. The monoisotopic (exact) mass is 554 g/mol. The molecule has 196 valence electrons. The number of anilines is 1. The normalized spacial score (nSPS) is 13.3. The Kier molecular flexibility index (Phi) is 8.00. The van der Waals surface area contributed by atoms with E-state index in [4.69, 9.17) is 11.6 Å². The Morgan fingerprint density at radius 1 is 0.973 bits per heavy atom. The second-order valence-electron chi connectivity index (χ2n) is 7.24. The molecule has 0 radical (unpaired) electrons. The van der Waals surface area contributed by atoms with Gasteiger partial charge in [0.25, 0.3) is 5.91 Å². The lowest BCUT2D eigenvalue weighted by molar-refractivity contribution is -0.140. The number of allylic oxidation sites excluding steroid dienone is 1. The van der Waals surface area contributed by atoms with Crippen molar-refractivity contribution in [2.45, 2.75) is 18.3 Å². The zero-order valence-electron chi connectivity index (χ0n) is 17.9. The maximum atomic E-state index is 14.8. The van der Waals surface area contributed by atoms with E-state index in [9.17, 15) is 44.3 Å². The molecule has 0 bridgehead atoms. The average molecular weight is 555 g/mol. The number of aromatic nitrogens is 2. The predicted octanol–water partition coefficient (Wildman–Crippen LogP) is 6.84. The van der Waals surface area contributed by atoms with E-state index in [1.54, 1.807) is 0 Å². The molecule has 1 atom stereocenters. The van der Waals surface area contributed by atoms with Crippen molar-refractivity contribution < 1.29 is 44.3 Å². The van der Waals surface area contributed by atoms with Crippen molar-refractivity contribution in [2.24, 2.45) is 0 Å². The fourth-order valence-electron chi connectivity index (χ4n) is 3.05. The number of hydrogen-bond donors (Lipinski definition) is 2. The highest BCUT2D eigenvalue weighted by Crippen LogP contribution is 2.40. The van der Waals surface area contributed by atoms with Crippen molar-refractivity contribution in [1.29, 1.82) is 0 Å². The van der Waals surface area contributed by atoms with Crippen LogP contribution in [0.5, 0.6) is 0 Å². The molecule has 5 nitrogen and oxygen atoms in total. The molecule has 1 unspecified atom stereocenters. The fourth-order valence-corrected chi connectivity index (χ4v) is 3.16. The molecule has 0 aliphatic rings. The minimum Gasteiger partial charge on any atom is -0.267 e. The van der Waals surface area contributed by atoms with Gasteiger partial charge in [-0.15, -0.1) is 0 Å². The van der Waals surface area contributed by atoms with Crippen molar-refractivity contribution in [3.63, 3.8) is 0 Å². The van der Waals surface area contributed by atoms with Crippen LogP contribution in [0.3, 0.4) is 0 Å². The third kappa shape index (κ3) is 6.70. The first-order valence-electron chi connectivity index (χ1n) is 9.82. The molecule has 0 aliphatic heterocycles. The second-order valence-corrected chi connectivity index (χ2v) is 7.62. The van der Waals surface area contributed by atoms with Gasteiger partial charge in [-0.3, -0.25) is 15.6 Å². The molecular formula is C22H12ClF9N4O. The van der Waals surface area contributed by atoms with Crippen LogP contribution in [0.25, 0.3) is 5.83 Å². The summed E-state index contributed by atoms with van der Waals surface area (Å²) in [7, 11) is 0. The van der Waals surface area contributed by atoms with Gasteiger partial charge in [-0.1, -0.05) is 17.7 Å². The van der Waals surface area contributed by atoms with Crippen LogP contribution in [0.15, 0.2) is 54.9 Å². The lowest BCUT2D eigenvalue weighted by Gasteiger charge is -2.19. The highest BCUT2D eigenvalue weighted by Gasteiger charge is 2.41. The predicted molar refractivity (Wildman–Crippen MR) is 114 cm³/mol. The van der Waals surface area contributed by atoms with E-state index in [2.05, 4.69) is 15.4 Å². The molecule has 1 amide bonds. The van der Waals surface area contributed by atoms with Crippen LogP contribution in [0.1, 0.15) is 33.0 Å². The lowest BCUT2D eigenvalue weighted by Crippen LogP contribution is -2.32.